The Balaban J connectivity index is 2.28. The highest BCUT2D eigenvalue weighted by Gasteiger charge is 2.28. The van der Waals surface area contributed by atoms with E-state index in [4.69, 9.17) is 9.47 Å². The Hall–Kier alpha value is -2.12. The number of carbonyl (C=O) groups excluding carboxylic acids is 1. The number of nitrogens with zero attached hydrogens (tertiary/aromatic N) is 1. The average molecular weight is 306 g/mol. The van der Waals surface area contributed by atoms with Crippen LogP contribution in [0.2, 0.25) is 0 Å². The van der Waals surface area contributed by atoms with Crippen molar-refractivity contribution in [3.8, 4) is 11.5 Å². The van der Waals surface area contributed by atoms with Crippen LogP contribution < -0.4 is 14.8 Å². The van der Waals surface area contributed by atoms with Gasteiger partial charge in [-0.3, -0.25) is 0 Å². The number of ether oxygens (including phenoxy) is 2. The molecule has 1 aromatic rings. The molecule has 0 saturated carbocycles. The van der Waals surface area contributed by atoms with Gasteiger partial charge in [-0.05, 0) is 24.3 Å². The van der Waals surface area contributed by atoms with Crippen molar-refractivity contribution < 1.29 is 27.4 Å². The van der Waals surface area contributed by atoms with Gasteiger partial charge in [0.05, 0.1) is 13.7 Å². The highest BCUT2D eigenvalue weighted by molar-refractivity contribution is 5.73. The molecule has 0 aliphatic heterocycles. The molecule has 8 heteroatoms. The summed E-state index contributed by atoms with van der Waals surface area (Å²) in [4.78, 5) is 12.5. The van der Waals surface area contributed by atoms with Crippen molar-refractivity contribution in [3.05, 3.63) is 24.3 Å². The summed E-state index contributed by atoms with van der Waals surface area (Å²) in [5.41, 5.74) is 0. The molecule has 5 nitrogen and oxygen atoms in total. The molecule has 0 unspecified atom stereocenters. The fourth-order valence-corrected chi connectivity index (χ4v) is 1.38. The summed E-state index contributed by atoms with van der Waals surface area (Å²) in [6.07, 6.45) is -4.42. The fourth-order valence-electron chi connectivity index (χ4n) is 1.38. The monoisotopic (exact) mass is 306 g/mol. The predicted molar refractivity (Wildman–Crippen MR) is 70.6 cm³/mol. The molecule has 0 bridgehead atoms. The maximum atomic E-state index is 11.9. The van der Waals surface area contributed by atoms with E-state index >= 15 is 0 Å². The van der Waals surface area contributed by atoms with E-state index in [0.29, 0.717) is 11.5 Å². The van der Waals surface area contributed by atoms with Crippen molar-refractivity contribution in [2.75, 3.05) is 33.9 Å². The summed E-state index contributed by atoms with van der Waals surface area (Å²) < 4.78 is 46.2. The lowest BCUT2D eigenvalue weighted by Crippen LogP contribution is -2.43. The highest BCUT2D eigenvalue weighted by atomic mass is 19.4. The molecule has 2 amide bonds. The van der Waals surface area contributed by atoms with E-state index in [9.17, 15) is 18.0 Å². The van der Waals surface area contributed by atoms with E-state index in [2.05, 4.69) is 0 Å². The van der Waals surface area contributed by atoms with Crippen molar-refractivity contribution in [3.63, 3.8) is 0 Å². The second kappa shape index (κ2) is 7.61. The van der Waals surface area contributed by atoms with Gasteiger partial charge in [0.1, 0.15) is 24.7 Å². The lowest BCUT2D eigenvalue weighted by Gasteiger charge is -2.18. The first-order valence-corrected chi connectivity index (χ1v) is 6.14. The number of rotatable bonds is 6. The molecule has 118 valence electrons. The minimum absolute atomic E-state index is 0.162. The molecule has 0 atom stereocenters. The number of methoxy groups -OCH3 is 1. The normalized spacial score (nSPS) is 10.9. The number of likely N-dealkylation sites (N-methyl/N-ethyl adjacent to an activating group) is 1. The smallest absolute Gasteiger partial charge is 0.405 e. The Bertz CT molecular complexity index is 449. The van der Waals surface area contributed by atoms with Gasteiger partial charge < -0.3 is 19.7 Å². The Morgan fingerprint density at radius 2 is 1.81 bits per heavy atom. The van der Waals surface area contributed by atoms with E-state index < -0.39 is 18.8 Å². The van der Waals surface area contributed by atoms with Crippen LogP contribution >= 0.6 is 0 Å². The van der Waals surface area contributed by atoms with Crippen molar-refractivity contribution in [2.45, 2.75) is 6.18 Å². The molecule has 0 fully saturated rings. The minimum Gasteiger partial charge on any atom is -0.497 e. The summed E-state index contributed by atoms with van der Waals surface area (Å²) in [7, 11) is 2.94. The third-order valence-corrected chi connectivity index (χ3v) is 2.54. The number of halogens is 3. The van der Waals surface area contributed by atoms with Crippen LogP contribution in [0.5, 0.6) is 11.5 Å². The van der Waals surface area contributed by atoms with Crippen LogP contribution in [0.15, 0.2) is 24.3 Å². The zero-order chi connectivity index (χ0) is 15.9. The summed E-state index contributed by atoms with van der Waals surface area (Å²) in [5, 5.41) is 1.78. The first-order valence-electron chi connectivity index (χ1n) is 6.14. The van der Waals surface area contributed by atoms with Crippen molar-refractivity contribution >= 4 is 6.03 Å². The first-order chi connectivity index (χ1) is 9.81. The topological polar surface area (TPSA) is 50.8 Å². The lowest BCUT2D eigenvalue weighted by molar-refractivity contribution is -0.123. The summed E-state index contributed by atoms with van der Waals surface area (Å²) in [5.74, 6) is 1.27. The van der Waals surface area contributed by atoms with E-state index in [1.165, 1.54) is 7.05 Å². The van der Waals surface area contributed by atoms with Gasteiger partial charge >= 0.3 is 12.2 Å². The Morgan fingerprint density at radius 1 is 1.24 bits per heavy atom. The maximum Gasteiger partial charge on any atom is 0.405 e. The number of carbonyl (C=O) groups is 1. The number of amides is 2. The molecule has 0 heterocycles. The molecular formula is C13H17F3N2O3. The summed E-state index contributed by atoms with van der Waals surface area (Å²) in [6, 6.07) is 6.03. The standard InChI is InChI=1S/C13H17F3N2O3/c1-18(12(19)17-9-13(14,15)16)7-8-21-11-5-3-10(20-2)4-6-11/h3-6H,7-9H2,1-2H3,(H,17,19). The SMILES string of the molecule is COc1ccc(OCCN(C)C(=O)NCC(F)(F)F)cc1. The van der Waals surface area contributed by atoms with Crippen LogP contribution in [0.3, 0.4) is 0 Å². The Labute approximate surface area is 120 Å². The maximum absolute atomic E-state index is 11.9. The first kappa shape index (κ1) is 16.9. The second-order valence-electron chi connectivity index (χ2n) is 4.22. The molecule has 0 aliphatic rings. The Morgan fingerprint density at radius 3 is 2.33 bits per heavy atom. The van der Waals surface area contributed by atoms with Gasteiger partial charge in [0.15, 0.2) is 0 Å². The molecule has 1 rings (SSSR count). The molecule has 21 heavy (non-hydrogen) atoms. The number of hydrogen-bond acceptors (Lipinski definition) is 3. The molecule has 0 saturated heterocycles. The molecule has 1 aromatic carbocycles. The van der Waals surface area contributed by atoms with Crippen molar-refractivity contribution in [1.82, 2.24) is 10.2 Å². The van der Waals surface area contributed by atoms with Crippen LogP contribution in [0.25, 0.3) is 0 Å². The van der Waals surface area contributed by atoms with Crippen LogP contribution in [-0.2, 0) is 0 Å². The number of hydrogen-bond donors (Lipinski definition) is 1. The fraction of sp³-hybridized carbons (Fsp3) is 0.462. The van der Waals surface area contributed by atoms with Gasteiger partial charge in [-0.25, -0.2) is 4.79 Å². The molecule has 0 radical (unpaired) electrons. The number of nitrogens with one attached hydrogen (secondary N) is 1. The van der Waals surface area contributed by atoms with Crippen LogP contribution in [0.4, 0.5) is 18.0 Å². The van der Waals surface area contributed by atoms with Gasteiger partial charge in [0.2, 0.25) is 0 Å². The quantitative estimate of drug-likeness (QED) is 0.877. The molecule has 1 N–H and O–H groups in total. The van der Waals surface area contributed by atoms with Gasteiger partial charge in [-0.1, -0.05) is 0 Å². The number of alkyl halides is 3. The van der Waals surface area contributed by atoms with E-state index in [0.717, 1.165) is 4.90 Å². The van der Waals surface area contributed by atoms with Crippen LogP contribution in [0, 0.1) is 0 Å². The molecule has 0 aliphatic carbocycles. The van der Waals surface area contributed by atoms with Gasteiger partial charge in [-0.15, -0.1) is 0 Å². The van der Waals surface area contributed by atoms with E-state index in [1.807, 2.05) is 0 Å². The third-order valence-electron chi connectivity index (χ3n) is 2.54. The number of urea groups is 1. The molecule has 0 aromatic heterocycles. The summed E-state index contributed by atoms with van der Waals surface area (Å²) in [6.45, 7) is -1.02. The Kier molecular flexibility index (Phi) is 6.13. The minimum atomic E-state index is -4.42. The third kappa shape index (κ3) is 6.73. The zero-order valence-corrected chi connectivity index (χ0v) is 11.7. The lowest BCUT2D eigenvalue weighted by atomic mass is 10.3. The zero-order valence-electron chi connectivity index (χ0n) is 11.7. The number of benzene rings is 1. The predicted octanol–water partition coefficient (Wildman–Crippen LogP) is 2.28. The summed E-state index contributed by atoms with van der Waals surface area (Å²) >= 11 is 0. The van der Waals surface area contributed by atoms with Gasteiger partial charge in [-0.2, -0.15) is 13.2 Å². The molecule has 0 spiro atoms. The van der Waals surface area contributed by atoms with Crippen molar-refractivity contribution in [2.24, 2.45) is 0 Å². The van der Waals surface area contributed by atoms with Gasteiger partial charge in [0.25, 0.3) is 0 Å². The largest absolute Gasteiger partial charge is 0.497 e. The average Bonchev–Trinajstić information content (AvgIpc) is 2.44. The van der Waals surface area contributed by atoms with Crippen LogP contribution in [0.1, 0.15) is 0 Å². The van der Waals surface area contributed by atoms with E-state index in [1.54, 1.807) is 36.7 Å². The van der Waals surface area contributed by atoms with E-state index in [-0.39, 0.29) is 13.2 Å². The van der Waals surface area contributed by atoms with Crippen molar-refractivity contribution in [1.29, 1.82) is 0 Å². The van der Waals surface area contributed by atoms with Crippen LogP contribution in [-0.4, -0.2) is 51.0 Å². The highest BCUT2D eigenvalue weighted by Crippen LogP contribution is 2.16. The molecular weight excluding hydrogens is 289 g/mol. The second-order valence-corrected chi connectivity index (χ2v) is 4.22. The van der Waals surface area contributed by atoms with Gasteiger partial charge in [0, 0.05) is 7.05 Å².